The summed E-state index contributed by atoms with van der Waals surface area (Å²) in [5, 5.41) is 13.1. The summed E-state index contributed by atoms with van der Waals surface area (Å²) < 4.78 is 40.1. The lowest BCUT2D eigenvalue weighted by molar-refractivity contribution is -0.139. The molecule has 4 aromatic rings. The van der Waals surface area contributed by atoms with E-state index in [1.165, 1.54) is 16.8 Å². The second kappa shape index (κ2) is 10.5. The number of nitrogens with zero attached hydrogens (tertiary/aromatic N) is 8. The number of ether oxygens (including phenoxy) is 1. The smallest absolute Gasteiger partial charge is 0.341 e. The van der Waals surface area contributed by atoms with Crippen LogP contribution in [0, 0.1) is 11.6 Å². The van der Waals surface area contributed by atoms with Gasteiger partial charge < -0.3 is 29.8 Å². The Kier molecular flexibility index (Phi) is 6.91. The Morgan fingerprint density at radius 1 is 1.18 bits per heavy atom. The minimum absolute atomic E-state index is 0.142. The number of likely N-dealkylation sites (N-methyl/N-ethyl adjacent to an activating group) is 1. The predicted octanol–water partition coefficient (Wildman–Crippen LogP) is 1.36. The van der Waals surface area contributed by atoms with Gasteiger partial charge in [0.05, 0.1) is 12.0 Å². The van der Waals surface area contributed by atoms with E-state index < -0.39 is 24.2 Å². The highest BCUT2D eigenvalue weighted by Gasteiger charge is 2.23. The molecule has 1 saturated heterocycles. The van der Waals surface area contributed by atoms with Gasteiger partial charge in [0.25, 0.3) is 5.78 Å². The summed E-state index contributed by atoms with van der Waals surface area (Å²) in [6.07, 6.45) is 1.53. The van der Waals surface area contributed by atoms with Crippen molar-refractivity contribution in [2.24, 2.45) is 0 Å². The molecule has 0 amide bonds. The SMILES string of the molecule is CN(CCN1CCN(c2cc(OCC(=O)O)c(F)cc2F)CC1)c1nc(N)n2nc(-c3ccco3)nc2n1. The van der Waals surface area contributed by atoms with Crippen molar-refractivity contribution in [1.29, 1.82) is 0 Å². The molecule has 1 aliphatic rings. The molecule has 1 aliphatic heterocycles. The fourth-order valence-electron chi connectivity index (χ4n) is 4.09. The lowest BCUT2D eigenvalue weighted by Gasteiger charge is -2.37. The number of aliphatic carboxylic acids is 1. The molecule has 0 aliphatic carbocycles. The minimum atomic E-state index is -1.25. The standard InChI is InChI=1S/C23H25F2N9O4/c1-31(22-28-21(26)34-23(29-22)27-20(30-34)17-3-2-10-37-17)4-5-32-6-8-33(9-7-32)16-12-18(38-13-19(35)36)15(25)11-14(16)24/h2-3,10-12H,4-9,13H2,1H3,(H,35,36)(H2,26,27,28,29,30). The van der Waals surface area contributed by atoms with Gasteiger partial charge in [-0.3, -0.25) is 4.90 Å². The molecule has 1 fully saturated rings. The Hall–Kier alpha value is -4.53. The molecule has 200 valence electrons. The van der Waals surface area contributed by atoms with Crippen LogP contribution in [0.5, 0.6) is 5.75 Å². The first-order valence-corrected chi connectivity index (χ1v) is 11.7. The van der Waals surface area contributed by atoms with Crippen LogP contribution < -0.4 is 20.3 Å². The Bertz CT molecular complexity index is 1440. The molecule has 3 N–H and O–H groups in total. The molecular formula is C23H25F2N9O4. The average Bonchev–Trinajstić information content (AvgIpc) is 3.57. The number of piperazine rings is 1. The summed E-state index contributed by atoms with van der Waals surface area (Å²) in [7, 11) is 1.85. The number of aromatic nitrogens is 5. The maximum atomic E-state index is 14.5. The van der Waals surface area contributed by atoms with Crippen molar-refractivity contribution >= 4 is 29.3 Å². The van der Waals surface area contributed by atoms with Crippen LogP contribution in [0.3, 0.4) is 0 Å². The van der Waals surface area contributed by atoms with Gasteiger partial charge in [-0.1, -0.05) is 0 Å². The summed E-state index contributed by atoms with van der Waals surface area (Å²) in [5.41, 5.74) is 6.25. The lowest BCUT2D eigenvalue weighted by Crippen LogP contribution is -2.48. The number of halogens is 2. The zero-order chi connectivity index (χ0) is 26.8. The van der Waals surface area contributed by atoms with Gasteiger partial charge in [0.2, 0.25) is 17.7 Å². The number of carbonyl (C=O) groups is 1. The van der Waals surface area contributed by atoms with E-state index in [9.17, 15) is 13.6 Å². The summed E-state index contributed by atoms with van der Waals surface area (Å²) >= 11 is 0. The van der Waals surface area contributed by atoms with Gasteiger partial charge in [-0.05, 0) is 12.1 Å². The third kappa shape index (κ3) is 5.27. The normalized spacial score (nSPS) is 14.2. The molecule has 0 saturated carbocycles. The van der Waals surface area contributed by atoms with E-state index in [4.69, 9.17) is 20.0 Å². The first kappa shape index (κ1) is 25.1. The molecule has 1 aromatic carbocycles. The zero-order valence-corrected chi connectivity index (χ0v) is 20.4. The molecule has 5 rings (SSSR count). The van der Waals surface area contributed by atoms with Gasteiger partial charge >= 0.3 is 5.97 Å². The van der Waals surface area contributed by atoms with Gasteiger partial charge in [-0.25, -0.2) is 13.6 Å². The first-order valence-electron chi connectivity index (χ1n) is 11.7. The van der Waals surface area contributed by atoms with Crippen LogP contribution in [-0.2, 0) is 4.79 Å². The number of carboxylic acid groups (broad SMARTS) is 1. The van der Waals surface area contributed by atoms with Crippen molar-refractivity contribution in [2.45, 2.75) is 0 Å². The monoisotopic (exact) mass is 529 g/mol. The van der Waals surface area contributed by atoms with Crippen LogP contribution in [-0.4, -0.2) is 93.5 Å². The predicted molar refractivity (Wildman–Crippen MR) is 132 cm³/mol. The minimum Gasteiger partial charge on any atom is -0.479 e. The lowest BCUT2D eigenvalue weighted by atomic mass is 10.2. The van der Waals surface area contributed by atoms with Crippen LogP contribution in [0.25, 0.3) is 17.4 Å². The second-order valence-electron chi connectivity index (χ2n) is 8.67. The first-order chi connectivity index (χ1) is 18.3. The summed E-state index contributed by atoms with van der Waals surface area (Å²) in [5.74, 6) is -1.54. The molecule has 15 heteroatoms. The van der Waals surface area contributed by atoms with Crippen molar-refractivity contribution in [2.75, 3.05) is 68.5 Å². The molecule has 38 heavy (non-hydrogen) atoms. The fraction of sp³-hybridized carbons (Fsp3) is 0.348. The third-order valence-electron chi connectivity index (χ3n) is 6.12. The Balaban J connectivity index is 1.18. The van der Waals surface area contributed by atoms with E-state index in [0.29, 0.717) is 68.6 Å². The van der Waals surface area contributed by atoms with Crippen molar-refractivity contribution < 1.29 is 27.8 Å². The topological polar surface area (TPSA) is 151 Å². The molecule has 13 nitrogen and oxygen atoms in total. The molecule has 0 spiro atoms. The van der Waals surface area contributed by atoms with Crippen LogP contribution in [0.15, 0.2) is 34.9 Å². The van der Waals surface area contributed by atoms with E-state index in [-0.39, 0.29) is 17.4 Å². The summed E-state index contributed by atoms with van der Waals surface area (Å²) in [4.78, 5) is 29.7. The number of nitrogens with two attached hydrogens (primary N) is 1. The van der Waals surface area contributed by atoms with E-state index >= 15 is 0 Å². The quantitative estimate of drug-likeness (QED) is 0.322. The Morgan fingerprint density at radius 2 is 1.97 bits per heavy atom. The van der Waals surface area contributed by atoms with Crippen molar-refractivity contribution in [3.8, 4) is 17.3 Å². The van der Waals surface area contributed by atoms with Crippen LogP contribution in [0.1, 0.15) is 0 Å². The van der Waals surface area contributed by atoms with Gasteiger partial charge in [0.15, 0.2) is 23.9 Å². The second-order valence-corrected chi connectivity index (χ2v) is 8.67. The highest BCUT2D eigenvalue weighted by Crippen LogP contribution is 2.29. The van der Waals surface area contributed by atoms with Crippen LogP contribution >= 0.6 is 0 Å². The number of nitrogen functional groups attached to an aromatic ring is 1. The number of rotatable bonds is 9. The Morgan fingerprint density at radius 3 is 2.68 bits per heavy atom. The number of hydrogen-bond donors (Lipinski definition) is 2. The molecule has 0 radical (unpaired) electrons. The van der Waals surface area contributed by atoms with Gasteiger partial charge in [0.1, 0.15) is 5.82 Å². The van der Waals surface area contributed by atoms with Crippen molar-refractivity contribution in [3.05, 3.63) is 42.2 Å². The van der Waals surface area contributed by atoms with Gasteiger partial charge in [-0.15, -0.1) is 5.10 Å². The molecule has 4 heterocycles. The molecule has 0 atom stereocenters. The van der Waals surface area contributed by atoms with Crippen molar-refractivity contribution in [3.63, 3.8) is 0 Å². The number of fused-ring (bicyclic) bond motifs is 1. The van der Waals surface area contributed by atoms with Crippen molar-refractivity contribution in [1.82, 2.24) is 29.5 Å². The maximum absolute atomic E-state index is 14.5. The number of anilines is 3. The highest BCUT2D eigenvalue weighted by molar-refractivity contribution is 5.68. The molecular weight excluding hydrogens is 504 g/mol. The number of benzene rings is 1. The zero-order valence-electron chi connectivity index (χ0n) is 20.4. The van der Waals surface area contributed by atoms with E-state index in [1.54, 1.807) is 17.0 Å². The largest absolute Gasteiger partial charge is 0.479 e. The molecule has 0 bridgehead atoms. The van der Waals surface area contributed by atoms with E-state index in [2.05, 4.69) is 25.0 Å². The molecule has 3 aromatic heterocycles. The highest BCUT2D eigenvalue weighted by atomic mass is 19.1. The number of furan rings is 1. The fourth-order valence-corrected chi connectivity index (χ4v) is 4.09. The third-order valence-corrected chi connectivity index (χ3v) is 6.12. The summed E-state index contributed by atoms with van der Waals surface area (Å²) in [6, 6.07) is 5.39. The van der Waals surface area contributed by atoms with E-state index in [0.717, 1.165) is 0 Å². The Labute approximate surface area is 215 Å². The number of carboxylic acids is 1. The van der Waals surface area contributed by atoms with Gasteiger partial charge in [-0.2, -0.15) is 19.5 Å². The van der Waals surface area contributed by atoms with Crippen LogP contribution in [0.2, 0.25) is 0 Å². The summed E-state index contributed by atoms with van der Waals surface area (Å²) in [6.45, 7) is 2.82. The van der Waals surface area contributed by atoms with Gasteiger partial charge in [0, 0.05) is 58.4 Å². The van der Waals surface area contributed by atoms with E-state index in [1.807, 2.05) is 11.9 Å². The average molecular weight is 530 g/mol. The molecule has 0 unspecified atom stereocenters. The van der Waals surface area contributed by atoms with Crippen LogP contribution in [0.4, 0.5) is 26.4 Å². The number of hydrogen-bond acceptors (Lipinski definition) is 11. The maximum Gasteiger partial charge on any atom is 0.341 e.